The van der Waals surface area contributed by atoms with E-state index in [-0.39, 0.29) is 12.4 Å². The number of benzene rings is 1. The molecule has 0 aliphatic heterocycles. The largest absolute Gasteiger partial charge is 0.326 e. The maximum atomic E-state index is 13.2. The Morgan fingerprint density at radius 3 is 2.94 bits per heavy atom. The molecule has 17 heavy (non-hydrogen) atoms. The minimum absolute atomic E-state index is 0.217. The van der Waals surface area contributed by atoms with Crippen LogP contribution in [0.15, 0.2) is 29.7 Å². The standard InChI is InChI=1S/C11H13FN4S/c1-16-7-14-15-11(16)17-6-8-2-3-10(12)9(4-8)5-13/h2-4,7H,5-6,13H2,1H3. The smallest absolute Gasteiger partial charge is 0.191 e. The van der Waals surface area contributed by atoms with Gasteiger partial charge in [-0.2, -0.15) is 0 Å². The van der Waals surface area contributed by atoms with Crippen LogP contribution in [0.4, 0.5) is 4.39 Å². The van der Waals surface area contributed by atoms with Crippen LogP contribution in [-0.2, 0) is 19.3 Å². The third kappa shape index (κ3) is 2.83. The second-order valence-corrected chi connectivity index (χ2v) is 4.59. The zero-order chi connectivity index (χ0) is 12.3. The van der Waals surface area contributed by atoms with Crippen molar-refractivity contribution in [3.8, 4) is 0 Å². The molecule has 0 amide bonds. The quantitative estimate of drug-likeness (QED) is 0.842. The van der Waals surface area contributed by atoms with Crippen LogP contribution in [0.3, 0.4) is 0 Å². The van der Waals surface area contributed by atoms with E-state index in [1.165, 1.54) is 6.07 Å². The van der Waals surface area contributed by atoms with E-state index >= 15 is 0 Å². The van der Waals surface area contributed by atoms with Crippen LogP contribution in [0, 0.1) is 5.82 Å². The SMILES string of the molecule is Cn1cnnc1SCc1ccc(F)c(CN)c1. The molecule has 4 nitrogen and oxygen atoms in total. The Kier molecular flexibility index (Phi) is 3.75. The van der Waals surface area contributed by atoms with Crippen molar-refractivity contribution >= 4 is 11.8 Å². The van der Waals surface area contributed by atoms with Crippen molar-refractivity contribution in [2.75, 3.05) is 0 Å². The van der Waals surface area contributed by atoms with E-state index in [2.05, 4.69) is 10.2 Å². The highest BCUT2D eigenvalue weighted by molar-refractivity contribution is 7.98. The Hall–Kier alpha value is -1.40. The predicted molar refractivity (Wildman–Crippen MR) is 64.9 cm³/mol. The maximum Gasteiger partial charge on any atom is 0.191 e. The van der Waals surface area contributed by atoms with Gasteiger partial charge < -0.3 is 10.3 Å². The van der Waals surface area contributed by atoms with Crippen molar-refractivity contribution in [2.24, 2.45) is 12.8 Å². The van der Waals surface area contributed by atoms with Crippen LogP contribution in [0.2, 0.25) is 0 Å². The second-order valence-electron chi connectivity index (χ2n) is 3.64. The average Bonchev–Trinajstić information content (AvgIpc) is 2.74. The van der Waals surface area contributed by atoms with Crippen molar-refractivity contribution in [1.29, 1.82) is 0 Å². The van der Waals surface area contributed by atoms with E-state index in [0.717, 1.165) is 16.5 Å². The highest BCUT2D eigenvalue weighted by Crippen LogP contribution is 2.21. The van der Waals surface area contributed by atoms with E-state index in [1.807, 2.05) is 11.6 Å². The van der Waals surface area contributed by atoms with Gasteiger partial charge in [-0.05, 0) is 11.6 Å². The first-order valence-electron chi connectivity index (χ1n) is 5.15. The molecule has 2 N–H and O–H groups in total. The lowest BCUT2D eigenvalue weighted by molar-refractivity contribution is 0.610. The summed E-state index contributed by atoms with van der Waals surface area (Å²) >= 11 is 1.56. The molecule has 2 rings (SSSR count). The zero-order valence-electron chi connectivity index (χ0n) is 9.43. The molecule has 0 fully saturated rings. The fourth-order valence-electron chi connectivity index (χ4n) is 1.43. The molecule has 0 saturated carbocycles. The molecule has 6 heteroatoms. The van der Waals surface area contributed by atoms with E-state index < -0.39 is 0 Å². The molecule has 90 valence electrons. The van der Waals surface area contributed by atoms with Crippen LogP contribution < -0.4 is 5.73 Å². The normalized spacial score (nSPS) is 10.8. The Labute approximate surface area is 103 Å². The van der Waals surface area contributed by atoms with Gasteiger partial charge in [0.2, 0.25) is 0 Å². The molecule has 2 aromatic rings. The molecule has 1 aromatic heterocycles. The van der Waals surface area contributed by atoms with E-state index in [9.17, 15) is 4.39 Å². The van der Waals surface area contributed by atoms with Crippen molar-refractivity contribution in [3.05, 3.63) is 41.5 Å². The molecule has 0 atom stereocenters. The maximum absolute atomic E-state index is 13.2. The Morgan fingerprint density at radius 1 is 1.47 bits per heavy atom. The topological polar surface area (TPSA) is 56.7 Å². The molecule has 0 radical (unpaired) electrons. The van der Waals surface area contributed by atoms with Crippen LogP contribution in [0.1, 0.15) is 11.1 Å². The van der Waals surface area contributed by atoms with Crippen molar-refractivity contribution in [3.63, 3.8) is 0 Å². The van der Waals surface area contributed by atoms with Crippen LogP contribution in [0.25, 0.3) is 0 Å². The van der Waals surface area contributed by atoms with Crippen LogP contribution >= 0.6 is 11.8 Å². The third-order valence-corrected chi connectivity index (χ3v) is 3.47. The Balaban J connectivity index is 2.07. The van der Waals surface area contributed by atoms with Gasteiger partial charge in [-0.15, -0.1) is 10.2 Å². The number of aromatic nitrogens is 3. The lowest BCUT2D eigenvalue weighted by atomic mass is 10.1. The van der Waals surface area contributed by atoms with Gasteiger partial charge in [0.05, 0.1) is 0 Å². The molecular weight excluding hydrogens is 239 g/mol. The molecule has 0 spiro atoms. The predicted octanol–water partition coefficient (Wildman–Crippen LogP) is 1.71. The number of hydrogen-bond acceptors (Lipinski definition) is 4. The number of nitrogens with two attached hydrogens (primary N) is 1. The highest BCUT2D eigenvalue weighted by Gasteiger charge is 2.05. The molecule has 0 aliphatic rings. The van der Waals surface area contributed by atoms with Gasteiger partial charge in [0, 0.05) is 24.9 Å². The molecule has 0 unspecified atom stereocenters. The number of halogens is 1. The van der Waals surface area contributed by atoms with Crippen LogP contribution in [-0.4, -0.2) is 14.8 Å². The van der Waals surface area contributed by atoms with Gasteiger partial charge in [-0.3, -0.25) is 0 Å². The lowest BCUT2D eigenvalue weighted by Crippen LogP contribution is -2.00. The van der Waals surface area contributed by atoms with Gasteiger partial charge >= 0.3 is 0 Å². The summed E-state index contributed by atoms with van der Waals surface area (Å²) in [7, 11) is 1.89. The number of aryl methyl sites for hydroxylation is 1. The van der Waals surface area contributed by atoms with E-state index in [1.54, 1.807) is 30.2 Å². The highest BCUT2D eigenvalue weighted by atomic mass is 32.2. The number of rotatable bonds is 4. The first kappa shape index (κ1) is 12.1. The van der Waals surface area contributed by atoms with E-state index in [4.69, 9.17) is 5.73 Å². The van der Waals surface area contributed by atoms with Gasteiger partial charge in [0.15, 0.2) is 5.16 Å². The fraction of sp³-hybridized carbons (Fsp3) is 0.273. The number of thioether (sulfide) groups is 1. The summed E-state index contributed by atoms with van der Waals surface area (Å²) < 4.78 is 15.1. The number of nitrogens with zero attached hydrogens (tertiary/aromatic N) is 3. The first-order chi connectivity index (χ1) is 8.20. The minimum atomic E-state index is -0.250. The average molecular weight is 252 g/mol. The summed E-state index contributed by atoms with van der Waals surface area (Å²) in [5.74, 6) is 0.472. The number of hydrogen-bond donors (Lipinski definition) is 1. The van der Waals surface area contributed by atoms with Crippen molar-refractivity contribution < 1.29 is 4.39 Å². The Morgan fingerprint density at radius 2 is 2.29 bits per heavy atom. The molecule has 0 bridgehead atoms. The summed E-state index contributed by atoms with van der Waals surface area (Å²) in [5.41, 5.74) is 7.03. The van der Waals surface area contributed by atoms with Gasteiger partial charge in [0.25, 0.3) is 0 Å². The van der Waals surface area contributed by atoms with Crippen LogP contribution in [0.5, 0.6) is 0 Å². The summed E-state index contributed by atoms with van der Waals surface area (Å²) in [4.78, 5) is 0. The summed E-state index contributed by atoms with van der Waals surface area (Å²) in [6, 6.07) is 5.01. The Bertz CT molecular complexity index is 512. The van der Waals surface area contributed by atoms with Crippen molar-refractivity contribution in [1.82, 2.24) is 14.8 Å². The third-order valence-electron chi connectivity index (χ3n) is 2.37. The first-order valence-corrected chi connectivity index (χ1v) is 6.13. The van der Waals surface area contributed by atoms with Crippen molar-refractivity contribution in [2.45, 2.75) is 17.5 Å². The monoisotopic (exact) mass is 252 g/mol. The van der Waals surface area contributed by atoms with Gasteiger partial charge in [-0.1, -0.05) is 23.9 Å². The summed E-state index contributed by atoms with van der Waals surface area (Å²) in [6.45, 7) is 0.217. The molecule has 0 saturated heterocycles. The lowest BCUT2D eigenvalue weighted by Gasteiger charge is -2.04. The second kappa shape index (κ2) is 5.29. The van der Waals surface area contributed by atoms with Gasteiger partial charge in [0.1, 0.15) is 12.1 Å². The molecular formula is C11H13FN4S. The zero-order valence-corrected chi connectivity index (χ0v) is 10.2. The van der Waals surface area contributed by atoms with E-state index in [0.29, 0.717) is 5.56 Å². The molecule has 0 aliphatic carbocycles. The summed E-state index contributed by atoms with van der Waals surface area (Å²) in [6.07, 6.45) is 1.65. The van der Waals surface area contributed by atoms with Gasteiger partial charge in [-0.25, -0.2) is 4.39 Å². The molecule has 1 heterocycles. The summed E-state index contributed by atoms with van der Waals surface area (Å²) in [5, 5.41) is 8.60. The minimum Gasteiger partial charge on any atom is -0.326 e. The molecule has 1 aromatic carbocycles. The fourth-order valence-corrected chi connectivity index (χ4v) is 2.26.